The van der Waals surface area contributed by atoms with Crippen molar-refractivity contribution in [2.75, 3.05) is 0 Å². The summed E-state index contributed by atoms with van der Waals surface area (Å²) in [5.41, 5.74) is 0. The van der Waals surface area contributed by atoms with Gasteiger partial charge in [-0.25, -0.2) is 0 Å². The van der Waals surface area contributed by atoms with Gasteiger partial charge >= 0.3 is 19.8 Å². The van der Waals surface area contributed by atoms with Gasteiger partial charge in [-0.3, -0.25) is 0 Å². The third-order valence-corrected chi connectivity index (χ3v) is 0. The van der Waals surface area contributed by atoms with Crippen LogP contribution in [0.25, 0.3) is 0 Å². The van der Waals surface area contributed by atoms with Crippen LogP contribution in [0.5, 0.6) is 0 Å². The van der Waals surface area contributed by atoms with Gasteiger partial charge in [-0.2, -0.15) is 0 Å². The zero-order valence-electron chi connectivity index (χ0n) is 2.42. The first-order valence-electron chi connectivity index (χ1n) is 0.688. The molecule has 0 heterocycles. The van der Waals surface area contributed by atoms with Crippen LogP contribution in [0.15, 0.2) is 0 Å². The molecule has 0 aromatic rings. The summed E-state index contributed by atoms with van der Waals surface area (Å²) < 4.78 is 7.81. The molecule has 6 heavy (non-hydrogen) atoms. The zero-order valence-corrected chi connectivity index (χ0v) is 3.36. The molecule has 0 atom stereocenters. The predicted octanol–water partition coefficient (Wildman–Crippen LogP) is -0.469. The quantitative estimate of drug-likeness (QED) is 0.282. The Kier molecular flexibility index (Phi) is 13.4. The Morgan fingerprint density at radius 2 is 1.67 bits per heavy atom. The van der Waals surface area contributed by atoms with Crippen molar-refractivity contribution >= 4 is 0 Å². The molecule has 0 amide bonds. The van der Waals surface area contributed by atoms with E-state index in [2.05, 4.69) is 15.9 Å². The normalized spacial score (nSPS) is 5.00. The average molecular weight is 143 g/mol. The molecule has 0 saturated heterocycles. The van der Waals surface area contributed by atoms with Crippen LogP contribution in [0.3, 0.4) is 0 Å². The van der Waals surface area contributed by atoms with Gasteiger partial charge in [0.2, 0.25) is 0 Å². The molecule has 0 rings (SSSR count). The van der Waals surface area contributed by atoms with E-state index in [1.807, 2.05) is 0 Å². The van der Waals surface area contributed by atoms with Gasteiger partial charge in [0.15, 0.2) is 0 Å². The Morgan fingerprint density at radius 3 is 1.67 bits per heavy atom. The van der Waals surface area contributed by atoms with E-state index in [-0.39, 0.29) is 0 Å². The Bertz CT molecular complexity index is 38.8. The molecule has 41 valence electrons. The molecule has 0 bridgehead atoms. The van der Waals surface area contributed by atoms with Crippen molar-refractivity contribution < 1.29 is 30.1 Å². The van der Waals surface area contributed by atoms with Gasteiger partial charge in [0.05, 0.1) is 0 Å². The predicted molar refractivity (Wildman–Crippen MR) is 9.47 cm³/mol. The van der Waals surface area contributed by atoms with E-state index in [0.717, 1.165) is 0 Å². The van der Waals surface area contributed by atoms with E-state index < -0.39 is 5.09 Å². The van der Waals surface area contributed by atoms with Gasteiger partial charge < -0.3 is 5.21 Å². The fourth-order valence-corrected chi connectivity index (χ4v) is 0. The summed E-state index contributed by atoms with van der Waals surface area (Å²) in [4.78, 5) is 8.36. The van der Waals surface area contributed by atoms with Crippen molar-refractivity contribution in [3.05, 3.63) is 10.1 Å². The van der Waals surface area contributed by atoms with Crippen molar-refractivity contribution in [1.82, 2.24) is 0 Å². The fourth-order valence-electron chi connectivity index (χ4n) is 0. The van der Waals surface area contributed by atoms with Crippen molar-refractivity contribution in [3.63, 3.8) is 0 Å². The van der Waals surface area contributed by atoms with E-state index in [4.69, 9.17) is 19.2 Å². The SMILES string of the molecule is O=[N+]([O-])O.[O]=[Cu]. The molecule has 0 aromatic heterocycles. The van der Waals surface area contributed by atoms with Gasteiger partial charge in [-0.05, 0) is 0 Å². The zero-order chi connectivity index (χ0) is 5.58. The van der Waals surface area contributed by atoms with Gasteiger partial charge in [0, 0.05) is 0 Å². The summed E-state index contributed by atoms with van der Waals surface area (Å²) in [6.07, 6.45) is 0. The summed E-state index contributed by atoms with van der Waals surface area (Å²) in [5, 5.41) is 13.6. The molecule has 0 saturated carbocycles. The maximum atomic E-state index is 8.36. The molecule has 0 aliphatic heterocycles. The standard InChI is InChI=1S/Cu.HNO3.O/c;2-1(3)4;/h;(H,2,3,4);. The van der Waals surface area contributed by atoms with Crippen LogP contribution in [0.4, 0.5) is 0 Å². The summed E-state index contributed by atoms with van der Waals surface area (Å²) in [5.74, 6) is 0. The number of hydrogen-bond donors (Lipinski definition) is 1. The number of nitrogens with zero attached hydrogens (tertiary/aromatic N) is 1. The Labute approximate surface area is 41.1 Å². The van der Waals surface area contributed by atoms with Gasteiger partial charge in [-0.1, -0.05) is 0 Å². The van der Waals surface area contributed by atoms with E-state index >= 15 is 0 Å². The fraction of sp³-hybridized carbons (Fsp3) is 0. The van der Waals surface area contributed by atoms with Crippen LogP contribution in [0.2, 0.25) is 0 Å². The second-order valence-electron chi connectivity index (χ2n) is 0.238. The summed E-state index contributed by atoms with van der Waals surface area (Å²) in [7, 11) is 0. The number of rotatable bonds is 0. The molecule has 0 radical (unpaired) electrons. The minimum absolute atomic E-state index is 1.50. The van der Waals surface area contributed by atoms with Gasteiger partial charge in [-0.15, -0.1) is 10.1 Å². The molecule has 0 unspecified atom stereocenters. The molecule has 0 aromatic carbocycles. The molecule has 0 spiro atoms. The molecule has 1 N–H and O–H groups in total. The van der Waals surface area contributed by atoms with Crippen molar-refractivity contribution in [3.8, 4) is 0 Å². The summed E-state index contributed by atoms with van der Waals surface area (Å²) >= 11 is 2.94. The Hall–Kier alpha value is -0.481. The second kappa shape index (κ2) is 8.82. The molecule has 0 aliphatic rings. The Morgan fingerprint density at radius 1 is 1.67 bits per heavy atom. The first-order valence-corrected chi connectivity index (χ1v) is 1.07. The third-order valence-electron chi connectivity index (χ3n) is 0. The molecular weight excluding hydrogens is 142 g/mol. The van der Waals surface area contributed by atoms with Gasteiger partial charge in [0.25, 0.3) is 5.09 Å². The van der Waals surface area contributed by atoms with E-state index in [0.29, 0.717) is 0 Å². The van der Waals surface area contributed by atoms with Crippen LogP contribution < -0.4 is 0 Å². The van der Waals surface area contributed by atoms with Crippen molar-refractivity contribution in [2.45, 2.75) is 0 Å². The molecule has 0 aliphatic carbocycles. The van der Waals surface area contributed by atoms with Crippen LogP contribution in [0.1, 0.15) is 0 Å². The summed E-state index contributed by atoms with van der Waals surface area (Å²) in [6, 6.07) is 0. The molecule has 6 heteroatoms. The third kappa shape index (κ3) is 96.8. The number of hydrogen-bond acceptors (Lipinski definition) is 3. The molecule has 0 fully saturated rings. The van der Waals surface area contributed by atoms with Crippen LogP contribution in [-0.2, 0) is 19.8 Å². The maximum absolute atomic E-state index is 8.36. The molecular formula is HCuNO4. The minimum atomic E-state index is -1.50. The van der Waals surface area contributed by atoms with E-state index in [1.165, 1.54) is 0 Å². The van der Waals surface area contributed by atoms with Crippen LogP contribution >= 0.6 is 0 Å². The van der Waals surface area contributed by atoms with Crippen LogP contribution in [0, 0.1) is 10.1 Å². The Balaban J connectivity index is 0. The monoisotopic (exact) mass is 142 g/mol. The summed E-state index contributed by atoms with van der Waals surface area (Å²) in [6.45, 7) is 0. The topological polar surface area (TPSA) is 80.4 Å². The first kappa shape index (κ1) is 9.10. The van der Waals surface area contributed by atoms with E-state index in [9.17, 15) is 0 Å². The van der Waals surface area contributed by atoms with Crippen molar-refractivity contribution in [1.29, 1.82) is 0 Å². The first-order chi connectivity index (χ1) is 2.73. The molecule has 5 nitrogen and oxygen atoms in total. The van der Waals surface area contributed by atoms with Gasteiger partial charge in [0.1, 0.15) is 0 Å². The van der Waals surface area contributed by atoms with E-state index in [1.54, 1.807) is 0 Å². The second-order valence-corrected chi connectivity index (χ2v) is 0.238. The van der Waals surface area contributed by atoms with Crippen molar-refractivity contribution in [2.24, 2.45) is 0 Å². The average Bonchev–Trinajstić information content (AvgIpc) is 1.41. The van der Waals surface area contributed by atoms with Crippen LogP contribution in [-0.4, -0.2) is 10.3 Å².